The van der Waals surface area contributed by atoms with Gasteiger partial charge in [-0.25, -0.2) is 0 Å². The summed E-state index contributed by atoms with van der Waals surface area (Å²) in [6.45, 7) is 4.13. The van der Waals surface area contributed by atoms with Crippen LogP contribution in [0.5, 0.6) is 0 Å². The van der Waals surface area contributed by atoms with E-state index in [0.717, 1.165) is 12.8 Å². The van der Waals surface area contributed by atoms with Gasteiger partial charge in [0.15, 0.2) is 0 Å². The summed E-state index contributed by atoms with van der Waals surface area (Å²) in [5.41, 5.74) is -0.726. The summed E-state index contributed by atoms with van der Waals surface area (Å²) in [5.74, 6) is 0.0392. The highest BCUT2D eigenvalue weighted by molar-refractivity contribution is 5.93. The molecule has 2 aliphatic rings. The van der Waals surface area contributed by atoms with Gasteiger partial charge in [0.2, 0.25) is 11.8 Å². The summed E-state index contributed by atoms with van der Waals surface area (Å²) < 4.78 is 0. The Morgan fingerprint density at radius 1 is 1.36 bits per heavy atom. The minimum absolute atomic E-state index is 0.0218. The van der Waals surface area contributed by atoms with E-state index < -0.39 is 5.54 Å². The lowest BCUT2D eigenvalue weighted by atomic mass is 10.0. The molecule has 78 valence electrons. The number of rotatable bonds is 1. The summed E-state index contributed by atoms with van der Waals surface area (Å²) in [6, 6.07) is 0.398. The van der Waals surface area contributed by atoms with Gasteiger partial charge in [-0.2, -0.15) is 0 Å². The molecular weight excluding hydrogens is 180 g/mol. The van der Waals surface area contributed by atoms with Crippen molar-refractivity contribution in [2.45, 2.75) is 44.7 Å². The van der Waals surface area contributed by atoms with Gasteiger partial charge in [0.25, 0.3) is 0 Å². The third-order valence-corrected chi connectivity index (χ3v) is 2.81. The van der Waals surface area contributed by atoms with Crippen molar-refractivity contribution in [3.8, 4) is 0 Å². The molecule has 4 heteroatoms. The minimum atomic E-state index is -0.726. The maximum Gasteiger partial charge on any atom is 0.248 e. The lowest BCUT2D eigenvalue weighted by molar-refractivity contribution is -0.137. The second kappa shape index (κ2) is 2.97. The van der Waals surface area contributed by atoms with Crippen molar-refractivity contribution in [2.75, 3.05) is 6.54 Å². The van der Waals surface area contributed by atoms with E-state index in [9.17, 15) is 9.59 Å². The van der Waals surface area contributed by atoms with E-state index >= 15 is 0 Å². The third kappa shape index (κ3) is 1.61. The van der Waals surface area contributed by atoms with Crippen LogP contribution in [0.2, 0.25) is 0 Å². The first kappa shape index (κ1) is 9.49. The summed E-state index contributed by atoms with van der Waals surface area (Å²) in [7, 11) is 0. The van der Waals surface area contributed by atoms with Crippen LogP contribution in [-0.4, -0.2) is 34.8 Å². The fraction of sp³-hybridized carbons (Fsp3) is 0.800. The smallest absolute Gasteiger partial charge is 0.248 e. The average molecular weight is 196 g/mol. The quantitative estimate of drug-likeness (QED) is 0.654. The Morgan fingerprint density at radius 3 is 2.57 bits per heavy atom. The number of nitrogens with zero attached hydrogens (tertiary/aromatic N) is 1. The number of hydrogen-bond acceptors (Lipinski definition) is 2. The number of carbonyl (C=O) groups excluding carboxylic acids is 2. The molecule has 0 aromatic rings. The molecule has 1 N–H and O–H groups in total. The van der Waals surface area contributed by atoms with Gasteiger partial charge in [0.1, 0.15) is 5.54 Å². The molecular formula is C10H16N2O2. The van der Waals surface area contributed by atoms with Gasteiger partial charge >= 0.3 is 0 Å². The van der Waals surface area contributed by atoms with Crippen molar-refractivity contribution in [3.05, 3.63) is 0 Å². The Balaban J connectivity index is 2.19. The molecule has 2 amide bonds. The van der Waals surface area contributed by atoms with Crippen molar-refractivity contribution in [1.29, 1.82) is 0 Å². The first-order valence-corrected chi connectivity index (χ1v) is 5.13. The standard InChI is InChI=1S/C10H16N2O2/c1-10(2)9(14)12(7-3-4-7)6-5-8(13)11-10/h7H,3-6H2,1-2H3,(H,11,13). The van der Waals surface area contributed by atoms with Gasteiger partial charge in [-0.05, 0) is 26.7 Å². The van der Waals surface area contributed by atoms with Gasteiger partial charge in [-0.15, -0.1) is 0 Å². The van der Waals surface area contributed by atoms with Gasteiger partial charge in [0.05, 0.1) is 0 Å². The molecule has 14 heavy (non-hydrogen) atoms. The molecule has 2 rings (SSSR count). The molecule has 1 heterocycles. The maximum atomic E-state index is 12.0. The van der Waals surface area contributed by atoms with E-state index in [1.54, 1.807) is 13.8 Å². The molecule has 1 aliphatic heterocycles. The van der Waals surface area contributed by atoms with Crippen LogP contribution >= 0.6 is 0 Å². The highest BCUT2D eigenvalue weighted by atomic mass is 16.2. The van der Waals surface area contributed by atoms with Gasteiger partial charge in [-0.1, -0.05) is 0 Å². The lowest BCUT2D eigenvalue weighted by Crippen LogP contribution is -2.53. The van der Waals surface area contributed by atoms with Crippen LogP contribution in [0.4, 0.5) is 0 Å². The molecule has 2 fully saturated rings. The fourth-order valence-electron chi connectivity index (χ4n) is 1.88. The summed E-state index contributed by atoms with van der Waals surface area (Å²) in [5, 5.41) is 2.75. The van der Waals surface area contributed by atoms with E-state index in [2.05, 4.69) is 5.32 Å². The summed E-state index contributed by atoms with van der Waals surface area (Å²) >= 11 is 0. The van der Waals surface area contributed by atoms with Crippen LogP contribution < -0.4 is 5.32 Å². The zero-order valence-electron chi connectivity index (χ0n) is 8.67. The fourth-order valence-corrected chi connectivity index (χ4v) is 1.88. The van der Waals surface area contributed by atoms with Gasteiger partial charge in [-0.3, -0.25) is 9.59 Å². The van der Waals surface area contributed by atoms with E-state index in [1.165, 1.54) is 0 Å². The van der Waals surface area contributed by atoms with Crippen molar-refractivity contribution in [2.24, 2.45) is 0 Å². The monoisotopic (exact) mass is 196 g/mol. The molecule has 0 radical (unpaired) electrons. The van der Waals surface area contributed by atoms with Crippen molar-refractivity contribution < 1.29 is 9.59 Å². The molecule has 0 aromatic carbocycles. The predicted octanol–water partition coefficient (Wildman–Crippen LogP) is 0.276. The number of carbonyl (C=O) groups is 2. The molecule has 0 unspecified atom stereocenters. The van der Waals surface area contributed by atoms with Crippen LogP contribution in [-0.2, 0) is 9.59 Å². The average Bonchev–Trinajstić information content (AvgIpc) is 2.85. The van der Waals surface area contributed by atoms with Crippen LogP contribution in [0.3, 0.4) is 0 Å². The zero-order chi connectivity index (χ0) is 10.3. The Hall–Kier alpha value is -1.06. The lowest BCUT2D eigenvalue weighted by Gasteiger charge is -2.28. The molecule has 4 nitrogen and oxygen atoms in total. The minimum Gasteiger partial charge on any atom is -0.342 e. The molecule has 0 bridgehead atoms. The Bertz CT molecular complexity index is 282. The third-order valence-electron chi connectivity index (χ3n) is 2.81. The number of hydrogen-bond donors (Lipinski definition) is 1. The van der Waals surface area contributed by atoms with E-state index in [1.807, 2.05) is 4.90 Å². The first-order valence-electron chi connectivity index (χ1n) is 5.13. The summed E-state index contributed by atoms with van der Waals surface area (Å²) in [4.78, 5) is 25.2. The number of nitrogens with one attached hydrogen (secondary N) is 1. The zero-order valence-corrected chi connectivity index (χ0v) is 8.67. The van der Waals surface area contributed by atoms with Crippen molar-refractivity contribution in [1.82, 2.24) is 10.2 Å². The Kier molecular flexibility index (Phi) is 2.01. The van der Waals surface area contributed by atoms with Crippen LogP contribution in [0, 0.1) is 0 Å². The first-order chi connectivity index (χ1) is 6.50. The van der Waals surface area contributed by atoms with Crippen LogP contribution in [0.15, 0.2) is 0 Å². The maximum absolute atomic E-state index is 12.0. The van der Waals surface area contributed by atoms with E-state index in [4.69, 9.17) is 0 Å². The van der Waals surface area contributed by atoms with E-state index in [-0.39, 0.29) is 11.8 Å². The Labute approximate surface area is 83.6 Å². The second-order valence-electron chi connectivity index (χ2n) is 4.65. The van der Waals surface area contributed by atoms with Crippen molar-refractivity contribution in [3.63, 3.8) is 0 Å². The van der Waals surface area contributed by atoms with Gasteiger partial charge < -0.3 is 10.2 Å². The largest absolute Gasteiger partial charge is 0.342 e. The van der Waals surface area contributed by atoms with Crippen molar-refractivity contribution >= 4 is 11.8 Å². The highest BCUT2D eigenvalue weighted by Crippen LogP contribution is 2.29. The second-order valence-corrected chi connectivity index (χ2v) is 4.65. The molecule has 1 saturated heterocycles. The molecule has 0 spiro atoms. The van der Waals surface area contributed by atoms with E-state index in [0.29, 0.717) is 19.0 Å². The molecule has 1 aliphatic carbocycles. The topological polar surface area (TPSA) is 49.4 Å². The predicted molar refractivity (Wildman–Crippen MR) is 51.6 cm³/mol. The Morgan fingerprint density at radius 2 is 2.00 bits per heavy atom. The van der Waals surface area contributed by atoms with Gasteiger partial charge in [0, 0.05) is 19.0 Å². The molecule has 1 saturated carbocycles. The SMILES string of the molecule is CC1(C)NC(=O)CCN(C2CC2)C1=O. The summed E-state index contributed by atoms with van der Waals surface area (Å²) in [6.07, 6.45) is 2.62. The van der Waals surface area contributed by atoms with Crippen LogP contribution in [0.1, 0.15) is 33.1 Å². The van der Waals surface area contributed by atoms with Crippen LogP contribution in [0.25, 0.3) is 0 Å². The molecule has 0 aromatic heterocycles. The number of amides is 2. The highest BCUT2D eigenvalue weighted by Gasteiger charge is 2.42. The normalized spacial score (nSPS) is 27.1. The molecule has 0 atom stereocenters.